The first-order chi connectivity index (χ1) is 15.3. The molecule has 4 rings (SSSR count). The summed E-state index contributed by atoms with van der Waals surface area (Å²) >= 11 is 0. The number of hydrogen-bond donors (Lipinski definition) is 3. The molecule has 1 aliphatic heterocycles. The molecule has 0 spiro atoms. The van der Waals surface area contributed by atoms with Crippen LogP contribution in [0.2, 0.25) is 0 Å². The number of rotatable bonds is 7. The molecular weight excluding hydrogens is 396 g/mol. The highest BCUT2D eigenvalue weighted by molar-refractivity contribution is 5.49. The van der Waals surface area contributed by atoms with E-state index in [0.29, 0.717) is 11.7 Å². The highest BCUT2D eigenvalue weighted by Gasteiger charge is 2.49. The van der Waals surface area contributed by atoms with Crippen LogP contribution in [0.25, 0.3) is 0 Å². The summed E-state index contributed by atoms with van der Waals surface area (Å²) in [5.41, 5.74) is 6.01. The summed E-state index contributed by atoms with van der Waals surface area (Å²) in [4.78, 5) is 0. The summed E-state index contributed by atoms with van der Waals surface area (Å²) in [6, 6.07) is 12.8. The van der Waals surface area contributed by atoms with Gasteiger partial charge in [-0.1, -0.05) is 35.9 Å². The largest absolute Gasteiger partial charge is 0.508 e. The van der Waals surface area contributed by atoms with Gasteiger partial charge in [0.25, 0.3) is 0 Å². The van der Waals surface area contributed by atoms with Crippen LogP contribution in [-0.4, -0.2) is 37.9 Å². The van der Waals surface area contributed by atoms with E-state index in [1.54, 1.807) is 0 Å². The van der Waals surface area contributed by atoms with E-state index in [0.717, 1.165) is 43.7 Å². The van der Waals surface area contributed by atoms with E-state index in [4.69, 9.17) is 4.74 Å². The van der Waals surface area contributed by atoms with Crippen molar-refractivity contribution < 1.29 is 9.84 Å². The zero-order valence-corrected chi connectivity index (χ0v) is 20.2. The Bertz CT molecular complexity index is 995. The molecule has 0 bridgehead atoms. The summed E-state index contributed by atoms with van der Waals surface area (Å²) < 4.78 is 6.63. The molecule has 4 nitrogen and oxygen atoms in total. The molecule has 0 unspecified atom stereocenters. The van der Waals surface area contributed by atoms with Crippen molar-refractivity contribution in [1.29, 1.82) is 0 Å². The van der Waals surface area contributed by atoms with Crippen molar-refractivity contribution in [1.82, 2.24) is 10.6 Å². The number of benzene rings is 2. The number of phenols is 1. The number of likely N-dealkylation sites (N-methyl/N-ethyl adjacent to an activating group) is 2. The van der Waals surface area contributed by atoms with Gasteiger partial charge in [0.05, 0.1) is 0 Å². The van der Waals surface area contributed by atoms with Gasteiger partial charge >= 0.3 is 0 Å². The lowest BCUT2D eigenvalue weighted by Gasteiger charge is -2.50. The maximum Gasteiger partial charge on any atom is 0.123 e. The molecule has 1 aliphatic carbocycles. The van der Waals surface area contributed by atoms with Crippen LogP contribution in [0.5, 0.6) is 11.5 Å². The maximum absolute atomic E-state index is 10.9. The van der Waals surface area contributed by atoms with Crippen molar-refractivity contribution in [2.24, 2.45) is 5.92 Å². The van der Waals surface area contributed by atoms with Crippen LogP contribution < -0.4 is 15.4 Å². The molecular formula is C28H38N2O2. The average molecular weight is 435 g/mol. The predicted octanol–water partition coefficient (Wildman–Crippen LogP) is 4.92. The van der Waals surface area contributed by atoms with Crippen molar-refractivity contribution in [2.75, 3.05) is 27.2 Å². The Hall–Kier alpha value is -2.30. The van der Waals surface area contributed by atoms with Crippen LogP contribution in [0.1, 0.15) is 61.3 Å². The van der Waals surface area contributed by atoms with Gasteiger partial charge < -0.3 is 20.5 Å². The molecule has 4 heteroatoms. The third kappa shape index (κ3) is 4.44. The van der Waals surface area contributed by atoms with Crippen LogP contribution in [0.15, 0.2) is 48.0 Å². The Morgan fingerprint density at radius 2 is 1.59 bits per heavy atom. The van der Waals surface area contributed by atoms with Crippen molar-refractivity contribution >= 4 is 0 Å². The average Bonchev–Trinajstić information content (AvgIpc) is 2.76. The number of hydrogen-bond acceptors (Lipinski definition) is 4. The molecule has 3 N–H and O–H groups in total. The van der Waals surface area contributed by atoms with Gasteiger partial charge in [-0.2, -0.15) is 0 Å². The summed E-state index contributed by atoms with van der Waals surface area (Å²) in [7, 11) is 3.97. The Labute approximate surface area is 193 Å². The molecule has 1 heterocycles. The molecule has 0 saturated carbocycles. The molecule has 0 saturated heterocycles. The van der Waals surface area contributed by atoms with Crippen LogP contribution in [-0.2, 0) is 12.8 Å². The second-order valence-electron chi connectivity index (χ2n) is 10.1. The Morgan fingerprint density at radius 3 is 2.25 bits per heavy atom. The van der Waals surface area contributed by atoms with Crippen molar-refractivity contribution in [3.8, 4) is 11.5 Å². The van der Waals surface area contributed by atoms with E-state index in [-0.39, 0.29) is 17.4 Å². The lowest BCUT2D eigenvalue weighted by molar-refractivity contribution is -0.000498. The first kappa shape index (κ1) is 22.9. The summed E-state index contributed by atoms with van der Waals surface area (Å²) in [6.07, 6.45) is 5.37. The SMILES string of the molecule is CNCCc1ccc(O)c([C@@H]2C=C(C)C[C@H]3c4cc(CCNC)ccc4OC(C)(C)[C@H]23)c1. The van der Waals surface area contributed by atoms with Crippen LogP contribution >= 0.6 is 0 Å². The predicted molar refractivity (Wildman–Crippen MR) is 132 cm³/mol. The first-order valence-corrected chi connectivity index (χ1v) is 11.9. The molecule has 3 atom stereocenters. The van der Waals surface area contributed by atoms with Crippen molar-refractivity contribution in [2.45, 2.75) is 57.5 Å². The van der Waals surface area contributed by atoms with E-state index in [1.165, 1.54) is 22.3 Å². The lowest BCUT2D eigenvalue weighted by atomic mass is 9.61. The summed E-state index contributed by atoms with van der Waals surface area (Å²) in [5.74, 6) is 2.15. The van der Waals surface area contributed by atoms with E-state index in [1.807, 2.05) is 26.2 Å². The van der Waals surface area contributed by atoms with E-state index in [9.17, 15) is 5.11 Å². The number of phenolic OH excluding ortho intramolecular Hbond substituents is 1. The molecule has 0 aromatic heterocycles. The highest BCUT2D eigenvalue weighted by atomic mass is 16.5. The van der Waals surface area contributed by atoms with Crippen LogP contribution in [0, 0.1) is 5.92 Å². The third-order valence-electron chi connectivity index (χ3n) is 7.25. The molecule has 2 aliphatic rings. The quantitative estimate of drug-likeness (QED) is 0.542. The summed E-state index contributed by atoms with van der Waals surface area (Å²) in [6.45, 7) is 8.55. The fraction of sp³-hybridized carbons (Fsp3) is 0.500. The molecule has 32 heavy (non-hydrogen) atoms. The van der Waals surface area contributed by atoms with Gasteiger partial charge in [0.1, 0.15) is 17.1 Å². The fourth-order valence-corrected chi connectivity index (χ4v) is 5.76. The monoisotopic (exact) mass is 434 g/mol. The van der Waals surface area contributed by atoms with Gasteiger partial charge in [0.15, 0.2) is 0 Å². The number of fused-ring (bicyclic) bond motifs is 3. The van der Waals surface area contributed by atoms with Crippen molar-refractivity contribution in [3.63, 3.8) is 0 Å². The van der Waals surface area contributed by atoms with Gasteiger partial charge in [-0.05, 0) is 102 Å². The van der Waals surface area contributed by atoms with Crippen LogP contribution in [0.4, 0.5) is 0 Å². The maximum atomic E-state index is 10.9. The second-order valence-corrected chi connectivity index (χ2v) is 10.1. The van der Waals surface area contributed by atoms with Crippen LogP contribution in [0.3, 0.4) is 0 Å². The standard InChI is InChI=1S/C28H38N2O2/c1-18-14-23(21-16-19(10-12-29-4)6-8-25(21)31)27-24(15-18)22-17-20(11-13-30-5)7-9-26(22)32-28(27,2)3/h6-9,14,16-17,23-24,27,29-31H,10-13,15H2,1-5H3/t23-,24-,27+/m0/s1. The molecule has 0 radical (unpaired) electrons. The van der Waals surface area contributed by atoms with Gasteiger partial charge in [0, 0.05) is 17.4 Å². The van der Waals surface area contributed by atoms with E-state index < -0.39 is 0 Å². The molecule has 172 valence electrons. The number of aromatic hydroxyl groups is 1. The minimum absolute atomic E-state index is 0.118. The van der Waals surface area contributed by atoms with Gasteiger partial charge in [-0.3, -0.25) is 0 Å². The summed E-state index contributed by atoms with van der Waals surface area (Å²) in [5, 5.41) is 17.4. The highest BCUT2D eigenvalue weighted by Crippen LogP contribution is 2.56. The number of ether oxygens (including phenoxy) is 1. The minimum Gasteiger partial charge on any atom is -0.508 e. The smallest absolute Gasteiger partial charge is 0.123 e. The Morgan fingerprint density at radius 1 is 0.969 bits per heavy atom. The van der Waals surface area contributed by atoms with Crippen molar-refractivity contribution in [3.05, 3.63) is 70.3 Å². The minimum atomic E-state index is -0.334. The fourth-order valence-electron chi connectivity index (χ4n) is 5.76. The van der Waals surface area contributed by atoms with Gasteiger partial charge in [0.2, 0.25) is 0 Å². The van der Waals surface area contributed by atoms with E-state index >= 15 is 0 Å². The zero-order chi connectivity index (χ0) is 22.9. The van der Waals surface area contributed by atoms with Gasteiger partial charge in [-0.15, -0.1) is 0 Å². The van der Waals surface area contributed by atoms with Gasteiger partial charge in [-0.25, -0.2) is 0 Å². The molecule has 2 aromatic carbocycles. The third-order valence-corrected chi connectivity index (χ3v) is 7.25. The second kappa shape index (κ2) is 9.29. The zero-order valence-electron chi connectivity index (χ0n) is 20.2. The molecule has 0 amide bonds. The Balaban J connectivity index is 1.77. The lowest BCUT2D eigenvalue weighted by Crippen LogP contribution is -2.48. The first-order valence-electron chi connectivity index (χ1n) is 11.9. The van der Waals surface area contributed by atoms with E-state index in [2.05, 4.69) is 61.7 Å². The molecule has 0 fully saturated rings. The molecule has 2 aromatic rings. The Kier molecular flexibility index (Phi) is 6.64. The number of allylic oxidation sites excluding steroid dienone is 2. The normalized spacial score (nSPS) is 23.7. The topological polar surface area (TPSA) is 53.5 Å². The number of nitrogens with one attached hydrogen (secondary N) is 2.